The van der Waals surface area contributed by atoms with Crippen molar-refractivity contribution in [2.75, 3.05) is 18.1 Å². The van der Waals surface area contributed by atoms with Crippen LogP contribution >= 0.6 is 0 Å². The lowest BCUT2D eigenvalue weighted by Crippen LogP contribution is -2.33. The van der Waals surface area contributed by atoms with Crippen molar-refractivity contribution in [3.8, 4) is 0 Å². The van der Waals surface area contributed by atoms with Gasteiger partial charge < -0.3 is 10.6 Å². The van der Waals surface area contributed by atoms with Gasteiger partial charge in [-0.3, -0.25) is 0 Å². The van der Waals surface area contributed by atoms with E-state index in [9.17, 15) is 0 Å². The molecule has 0 aliphatic carbocycles. The number of fused-ring (bicyclic) bond motifs is 1. The van der Waals surface area contributed by atoms with E-state index in [1.165, 1.54) is 24.9 Å². The van der Waals surface area contributed by atoms with E-state index in [1.807, 2.05) is 12.1 Å². The molecule has 0 bridgehead atoms. The number of hydrogen-bond donors (Lipinski definition) is 1. The van der Waals surface area contributed by atoms with Crippen molar-refractivity contribution in [3.05, 3.63) is 29.8 Å². The smallest absolute Gasteiger partial charge is 0.129 e. The maximum atomic E-state index is 5.89. The van der Waals surface area contributed by atoms with Crippen molar-refractivity contribution in [1.82, 2.24) is 0 Å². The van der Waals surface area contributed by atoms with Crippen LogP contribution in [0.2, 0.25) is 0 Å². The van der Waals surface area contributed by atoms with E-state index >= 15 is 0 Å². The predicted molar refractivity (Wildman–Crippen MR) is 68.9 cm³/mol. The van der Waals surface area contributed by atoms with Crippen LogP contribution < -0.4 is 10.6 Å². The molecule has 0 atom stereocenters. The summed E-state index contributed by atoms with van der Waals surface area (Å²) in [5.41, 5.74) is 8.19. The third-order valence-corrected chi connectivity index (χ3v) is 2.96. The second kappa shape index (κ2) is 5.01. The van der Waals surface area contributed by atoms with Gasteiger partial charge in [-0.25, -0.2) is 4.99 Å². The van der Waals surface area contributed by atoms with Crippen molar-refractivity contribution in [2.45, 2.75) is 26.2 Å². The average molecular weight is 217 g/mol. The fourth-order valence-corrected chi connectivity index (χ4v) is 2.03. The standard InChI is InChI=1S/C13H19N3/c1-2-3-6-9-16-10-15-13(14)11-7-4-5-8-12(11)16/h4-5,7-8H,2-3,6,9-10H2,1H3,(H2,14,15). The van der Waals surface area contributed by atoms with Crippen LogP contribution in [-0.2, 0) is 0 Å². The largest absolute Gasteiger partial charge is 0.383 e. The second-order valence-corrected chi connectivity index (χ2v) is 4.17. The van der Waals surface area contributed by atoms with Crippen molar-refractivity contribution in [3.63, 3.8) is 0 Å². The number of benzene rings is 1. The summed E-state index contributed by atoms with van der Waals surface area (Å²) in [7, 11) is 0. The zero-order valence-electron chi connectivity index (χ0n) is 9.82. The van der Waals surface area contributed by atoms with Crippen molar-refractivity contribution in [1.29, 1.82) is 0 Å². The van der Waals surface area contributed by atoms with Gasteiger partial charge in [-0.1, -0.05) is 31.9 Å². The Hall–Kier alpha value is -1.51. The molecular formula is C13H19N3. The van der Waals surface area contributed by atoms with E-state index in [4.69, 9.17) is 5.73 Å². The molecule has 1 heterocycles. The van der Waals surface area contributed by atoms with Gasteiger partial charge in [-0.2, -0.15) is 0 Å². The molecule has 0 fully saturated rings. The molecule has 16 heavy (non-hydrogen) atoms. The number of amidine groups is 1. The summed E-state index contributed by atoms with van der Waals surface area (Å²) in [5.74, 6) is 0.669. The van der Waals surface area contributed by atoms with Crippen LogP contribution in [0.25, 0.3) is 0 Å². The first kappa shape index (κ1) is 11.0. The van der Waals surface area contributed by atoms with Gasteiger partial charge in [0.2, 0.25) is 0 Å². The molecular weight excluding hydrogens is 198 g/mol. The van der Waals surface area contributed by atoms with Crippen molar-refractivity contribution < 1.29 is 0 Å². The Bertz CT molecular complexity index is 385. The van der Waals surface area contributed by atoms with E-state index in [0.717, 1.165) is 12.1 Å². The summed E-state index contributed by atoms with van der Waals surface area (Å²) in [6.45, 7) is 3.99. The molecule has 86 valence electrons. The monoisotopic (exact) mass is 217 g/mol. The Kier molecular flexibility index (Phi) is 3.44. The molecule has 0 amide bonds. The number of para-hydroxylation sites is 1. The minimum Gasteiger partial charge on any atom is -0.383 e. The van der Waals surface area contributed by atoms with Crippen LogP contribution in [0, 0.1) is 0 Å². The van der Waals surface area contributed by atoms with Gasteiger partial charge in [0.05, 0.1) is 0 Å². The molecule has 1 aromatic carbocycles. The Morgan fingerprint density at radius 3 is 2.94 bits per heavy atom. The summed E-state index contributed by atoms with van der Waals surface area (Å²) in [6, 6.07) is 8.24. The number of unbranched alkanes of at least 4 members (excludes halogenated alkanes) is 2. The Labute approximate surface area is 97.0 Å². The molecule has 0 radical (unpaired) electrons. The molecule has 0 saturated heterocycles. The minimum atomic E-state index is 0.669. The fourth-order valence-electron chi connectivity index (χ4n) is 2.03. The quantitative estimate of drug-likeness (QED) is 0.787. The highest BCUT2D eigenvalue weighted by Gasteiger charge is 2.16. The number of nitrogens with two attached hydrogens (primary N) is 1. The number of nitrogens with zero attached hydrogens (tertiary/aromatic N) is 2. The van der Waals surface area contributed by atoms with Gasteiger partial charge >= 0.3 is 0 Å². The summed E-state index contributed by atoms with van der Waals surface area (Å²) in [5, 5.41) is 0. The molecule has 0 aromatic heterocycles. The molecule has 3 heteroatoms. The maximum absolute atomic E-state index is 5.89. The molecule has 0 unspecified atom stereocenters. The molecule has 3 nitrogen and oxygen atoms in total. The van der Waals surface area contributed by atoms with Gasteiger partial charge in [0.15, 0.2) is 0 Å². The molecule has 1 aromatic rings. The van der Waals surface area contributed by atoms with E-state index in [2.05, 4.69) is 28.9 Å². The Balaban J connectivity index is 2.13. The number of anilines is 1. The molecule has 2 N–H and O–H groups in total. The van der Waals surface area contributed by atoms with Gasteiger partial charge in [0.25, 0.3) is 0 Å². The number of aliphatic imine (C=N–C) groups is 1. The average Bonchev–Trinajstić information content (AvgIpc) is 2.33. The summed E-state index contributed by atoms with van der Waals surface area (Å²) >= 11 is 0. The van der Waals surface area contributed by atoms with Crippen molar-refractivity contribution in [2.24, 2.45) is 10.7 Å². The highest BCUT2D eigenvalue weighted by molar-refractivity contribution is 6.03. The molecule has 0 saturated carbocycles. The summed E-state index contributed by atoms with van der Waals surface area (Å²) in [6.07, 6.45) is 3.75. The molecule has 1 aliphatic heterocycles. The van der Waals surface area contributed by atoms with E-state index in [-0.39, 0.29) is 0 Å². The first-order valence-electron chi connectivity index (χ1n) is 5.97. The first-order valence-corrected chi connectivity index (χ1v) is 5.97. The van der Waals surface area contributed by atoms with E-state index in [1.54, 1.807) is 0 Å². The van der Waals surface area contributed by atoms with Crippen LogP contribution in [-0.4, -0.2) is 19.0 Å². The van der Waals surface area contributed by atoms with Crippen LogP contribution in [0.4, 0.5) is 5.69 Å². The maximum Gasteiger partial charge on any atom is 0.129 e. The Morgan fingerprint density at radius 1 is 1.31 bits per heavy atom. The lowest BCUT2D eigenvalue weighted by molar-refractivity contribution is 0.677. The lowest BCUT2D eigenvalue weighted by atomic mass is 10.1. The van der Waals surface area contributed by atoms with E-state index < -0.39 is 0 Å². The van der Waals surface area contributed by atoms with Crippen LogP contribution in [0.15, 0.2) is 29.3 Å². The highest BCUT2D eigenvalue weighted by Crippen LogP contribution is 2.23. The van der Waals surface area contributed by atoms with Gasteiger partial charge in [0.1, 0.15) is 12.5 Å². The molecule has 1 aliphatic rings. The SMILES string of the molecule is CCCCCN1CN=C(N)c2ccccc21. The minimum absolute atomic E-state index is 0.669. The van der Waals surface area contributed by atoms with E-state index in [0.29, 0.717) is 12.5 Å². The van der Waals surface area contributed by atoms with Crippen LogP contribution in [0.3, 0.4) is 0 Å². The number of rotatable bonds is 4. The fraction of sp³-hybridized carbons (Fsp3) is 0.462. The lowest BCUT2D eigenvalue weighted by Gasteiger charge is -2.28. The number of hydrogen-bond acceptors (Lipinski definition) is 3. The Morgan fingerprint density at radius 2 is 2.12 bits per heavy atom. The predicted octanol–water partition coefficient (Wildman–Crippen LogP) is 2.36. The summed E-state index contributed by atoms with van der Waals surface area (Å²) < 4.78 is 0. The normalized spacial score (nSPS) is 14.6. The zero-order valence-corrected chi connectivity index (χ0v) is 9.82. The third-order valence-electron chi connectivity index (χ3n) is 2.96. The highest BCUT2D eigenvalue weighted by atomic mass is 15.2. The first-order chi connectivity index (χ1) is 7.83. The molecule has 2 rings (SSSR count). The van der Waals surface area contributed by atoms with Crippen LogP contribution in [0.1, 0.15) is 31.7 Å². The van der Waals surface area contributed by atoms with Gasteiger partial charge in [-0.05, 0) is 18.6 Å². The second-order valence-electron chi connectivity index (χ2n) is 4.17. The van der Waals surface area contributed by atoms with Crippen molar-refractivity contribution >= 4 is 11.5 Å². The topological polar surface area (TPSA) is 41.6 Å². The molecule has 0 spiro atoms. The van der Waals surface area contributed by atoms with Crippen LogP contribution in [0.5, 0.6) is 0 Å². The zero-order chi connectivity index (χ0) is 11.4. The van der Waals surface area contributed by atoms with Gasteiger partial charge in [-0.15, -0.1) is 0 Å². The van der Waals surface area contributed by atoms with Gasteiger partial charge in [0, 0.05) is 17.8 Å². The third kappa shape index (κ3) is 2.18. The summed E-state index contributed by atoms with van der Waals surface area (Å²) in [4.78, 5) is 6.66.